The molecule has 0 aliphatic carbocycles. The Labute approximate surface area is 172 Å². The van der Waals surface area contributed by atoms with Crippen molar-refractivity contribution in [2.45, 2.75) is 31.2 Å². The van der Waals surface area contributed by atoms with E-state index in [2.05, 4.69) is 4.99 Å². The van der Waals surface area contributed by atoms with Gasteiger partial charge in [0.05, 0.1) is 23.2 Å². The molecule has 0 spiro atoms. The highest BCUT2D eigenvalue weighted by atomic mass is 32.2. The number of fused-ring (bicyclic) bond motifs is 1. The van der Waals surface area contributed by atoms with Crippen LogP contribution in [0, 0.1) is 0 Å². The van der Waals surface area contributed by atoms with Crippen LogP contribution in [0.4, 0.5) is 0 Å². The highest BCUT2D eigenvalue weighted by Crippen LogP contribution is 2.19. The maximum atomic E-state index is 12.4. The van der Waals surface area contributed by atoms with Crippen LogP contribution in [0.2, 0.25) is 0 Å². The van der Waals surface area contributed by atoms with Gasteiger partial charge >= 0.3 is 5.97 Å². The first-order valence-corrected chi connectivity index (χ1v) is 11.0. The molecule has 7 heteroatoms. The largest absolute Gasteiger partial charge is 0.466 e. The lowest BCUT2D eigenvalue weighted by molar-refractivity contribution is -0.143. The first-order chi connectivity index (χ1) is 13.7. The van der Waals surface area contributed by atoms with Gasteiger partial charge in [-0.25, -0.2) is 0 Å². The fourth-order valence-corrected chi connectivity index (χ4v) is 4.63. The first kappa shape index (κ1) is 20.4. The molecule has 0 fully saturated rings. The van der Waals surface area contributed by atoms with Crippen molar-refractivity contribution in [1.82, 2.24) is 4.57 Å². The van der Waals surface area contributed by atoms with Gasteiger partial charge in [0.25, 0.3) is 0 Å². The molecule has 28 heavy (non-hydrogen) atoms. The van der Waals surface area contributed by atoms with Crippen molar-refractivity contribution < 1.29 is 14.3 Å². The van der Waals surface area contributed by atoms with Gasteiger partial charge in [-0.2, -0.15) is 4.99 Å². The van der Waals surface area contributed by atoms with Crippen molar-refractivity contribution >= 4 is 45.2 Å². The quantitative estimate of drug-likeness (QED) is 0.408. The van der Waals surface area contributed by atoms with Crippen molar-refractivity contribution in [3.05, 3.63) is 59.4 Å². The van der Waals surface area contributed by atoms with Crippen molar-refractivity contribution in [3.63, 3.8) is 0 Å². The number of hydrogen-bond acceptors (Lipinski definition) is 5. The molecular weight excluding hydrogens is 392 g/mol. The molecule has 0 unspecified atom stereocenters. The van der Waals surface area contributed by atoms with Crippen molar-refractivity contribution in [1.29, 1.82) is 0 Å². The third-order valence-corrected chi connectivity index (χ3v) is 6.05. The van der Waals surface area contributed by atoms with E-state index in [1.807, 2.05) is 59.2 Å². The van der Waals surface area contributed by atoms with Crippen molar-refractivity contribution in [2.24, 2.45) is 4.99 Å². The van der Waals surface area contributed by atoms with E-state index in [1.165, 1.54) is 11.3 Å². The van der Waals surface area contributed by atoms with E-state index in [0.29, 0.717) is 30.1 Å². The second-order valence-corrected chi connectivity index (χ2v) is 8.15. The molecule has 0 atom stereocenters. The molecule has 3 rings (SSSR count). The van der Waals surface area contributed by atoms with Gasteiger partial charge in [-0.15, -0.1) is 11.8 Å². The number of rotatable bonds is 8. The van der Waals surface area contributed by atoms with Crippen LogP contribution < -0.4 is 4.80 Å². The summed E-state index contributed by atoms with van der Waals surface area (Å²) in [6.45, 7) is 2.59. The Balaban J connectivity index is 1.73. The number of nitrogens with zero attached hydrogens (tertiary/aromatic N) is 2. The smallest absolute Gasteiger partial charge is 0.307 e. The summed E-state index contributed by atoms with van der Waals surface area (Å²) >= 11 is 3.11. The Morgan fingerprint density at radius 2 is 1.82 bits per heavy atom. The van der Waals surface area contributed by atoms with Crippen LogP contribution in [-0.4, -0.2) is 28.8 Å². The molecule has 0 radical (unpaired) electrons. The van der Waals surface area contributed by atoms with Gasteiger partial charge in [0.2, 0.25) is 5.91 Å². The van der Waals surface area contributed by atoms with Gasteiger partial charge in [-0.1, -0.05) is 41.7 Å². The van der Waals surface area contributed by atoms with Crippen molar-refractivity contribution in [2.75, 3.05) is 12.4 Å². The summed E-state index contributed by atoms with van der Waals surface area (Å²) < 4.78 is 7.99. The third kappa shape index (κ3) is 5.56. The Hall–Kier alpha value is -2.38. The van der Waals surface area contributed by atoms with E-state index in [4.69, 9.17) is 4.74 Å². The average Bonchev–Trinajstić information content (AvgIpc) is 3.04. The van der Waals surface area contributed by atoms with Crippen LogP contribution in [0.15, 0.2) is 64.5 Å². The number of thioether (sulfide) groups is 1. The normalized spacial score (nSPS) is 11.7. The molecule has 3 aromatic rings. The van der Waals surface area contributed by atoms with Gasteiger partial charge in [-0.05, 0) is 31.2 Å². The van der Waals surface area contributed by atoms with Gasteiger partial charge < -0.3 is 9.30 Å². The van der Waals surface area contributed by atoms with E-state index in [1.54, 1.807) is 18.7 Å². The molecule has 0 aliphatic rings. The van der Waals surface area contributed by atoms with Crippen LogP contribution >= 0.6 is 23.1 Å². The zero-order valence-electron chi connectivity index (χ0n) is 15.7. The maximum Gasteiger partial charge on any atom is 0.307 e. The molecule has 0 saturated carbocycles. The summed E-state index contributed by atoms with van der Waals surface area (Å²) in [6, 6.07) is 17.9. The number of amides is 1. The van der Waals surface area contributed by atoms with Gasteiger partial charge in [0, 0.05) is 23.6 Å². The number of aromatic nitrogens is 1. The number of benzene rings is 2. The Kier molecular flexibility index (Phi) is 7.45. The Bertz CT molecular complexity index is 1010. The predicted octanol–water partition coefficient (Wildman–Crippen LogP) is 4.27. The standard InChI is InChI=1S/C21H22N2O3S2/c1-2-26-20(25)12-14-23-17-10-6-7-11-18(17)28-21(23)22-19(24)13-15-27-16-8-4-3-5-9-16/h3-11H,2,12-15H2,1H3. The first-order valence-electron chi connectivity index (χ1n) is 9.16. The lowest BCUT2D eigenvalue weighted by Gasteiger charge is -2.05. The third-order valence-electron chi connectivity index (χ3n) is 3.98. The van der Waals surface area contributed by atoms with E-state index in [0.717, 1.165) is 15.1 Å². The number of carbonyl (C=O) groups is 2. The van der Waals surface area contributed by atoms with Crippen LogP contribution in [-0.2, 0) is 20.9 Å². The average molecular weight is 415 g/mol. The van der Waals surface area contributed by atoms with Gasteiger partial charge in [0.1, 0.15) is 0 Å². The molecule has 0 aliphatic heterocycles. The summed E-state index contributed by atoms with van der Waals surface area (Å²) in [5.74, 6) is 0.279. The zero-order valence-corrected chi connectivity index (χ0v) is 17.3. The minimum absolute atomic E-state index is 0.153. The molecule has 1 amide bonds. The number of aryl methyl sites for hydroxylation is 1. The second kappa shape index (κ2) is 10.2. The van der Waals surface area contributed by atoms with E-state index >= 15 is 0 Å². The highest BCUT2D eigenvalue weighted by molar-refractivity contribution is 7.99. The molecule has 146 valence electrons. The molecule has 5 nitrogen and oxygen atoms in total. The number of ether oxygens (including phenoxy) is 1. The zero-order chi connectivity index (χ0) is 19.8. The molecule has 0 bridgehead atoms. The SMILES string of the molecule is CCOC(=O)CCn1c(=NC(=O)CCSc2ccccc2)sc2ccccc21. The van der Waals surface area contributed by atoms with E-state index < -0.39 is 0 Å². The number of esters is 1. The summed E-state index contributed by atoms with van der Waals surface area (Å²) in [6.07, 6.45) is 0.617. The number of thiazole rings is 1. The number of carbonyl (C=O) groups excluding carboxylic acids is 2. The van der Waals surface area contributed by atoms with Gasteiger partial charge in [-0.3, -0.25) is 9.59 Å². The lowest BCUT2D eigenvalue weighted by atomic mass is 10.3. The monoisotopic (exact) mass is 414 g/mol. The fourth-order valence-electron chi connectivity index (χ4n) is 2.69. The topological polar surface area (TPSA) is 60.7 Å². The Morgan fingerprint density at radius 1 is 1.07 bits per heavy atom. The maximum absolute atomic E-state index is 12.4. The summed E-state index contributed by atoms with van der Waals surface area (Å²) in [5, 5.41) is 0. The molecular formula is C21H22N2O3S2. The summed E-state index contributed by atoms with van der Waals surface area (Å²) in [5.41, 5.74) is 0.974. The Morgan fingerprint density at radius 3 is 2.61 bits per heavy atom. The van der Waals surface area contributed by atoms with Crippen molar-refractivity contribution in [3.8, 4) is 0 Å². The van der Waals surface area contributed by atoms with Crippen LogP contribution in [0.5, 0.6) is 0 Å². The van der Waals surface area contributed by atoms with Crippen LogP contribution in [0.1, 0.15) is 19.8 Å². The number of para-hydroxylation sites is 1. The number of hydrogen-bond donors (Lipinski definition) is 0. The minimum Gasteiger partial charge on any atom is -0.466 e. The second-order valence-electron chi connectivity index (χ2n) is 5.98. The minimum atomic E-state index is -0.248. The van der Waals surface area contributed by atoms with E-state index in [-0.39, 0.29) is 18.3 Å². The van der Waals surface area contributed by atoms with E-state index in [9.17, 15) is 9.59 Å². The fraction of sp³-hybridized carbons (Fsp3) is 0.286. The van der Waals surface area contributed by atoms with Crippen LogP contribution in [0.25, 0.3) is 10.2 Å². The predicted molar refractivity (Wildman–Crippen MR) is 113 cm³/mol. The highest BCUT2D eigenvalue weighted by Gasteiger charge is 2.10. The van der Waals surface area contributed by atoms with Crippen LogP contribution in [0.3, 0.4) is 0 Å². The summed E-state index contributed by atoms with van der Waals surface area (Å²) in [4.78, 5) is 30.2. The molecule has 0 N–H and O–H groups in total. The molecule has 0 saturated heterocycles. The molecule has 2 aromatic carbocycles. The summed E-state index contributed by atoms with van der Waals surface area (Å²) in [7, 11) is 0. The molecule has 1 heterocycles. The lowest BCUT2D eigenvalue weighted by Crippen LogP contribution is -2.19. The molecule has 1 aromatic heterocycles. The van der Waals surface area contributed by atoms with Gasteiger partial charge in [0.15, 0.2) is 4.80 Å².